The van der Waals surface area contributed by atoms with Crippen molar-refractivity contribution >= 4 is 17.3 Å². The highest BCUT2D eigenvalue weighted by Crippen LogP contribution is 2.20. The fraction of sp³-hybridized carbons (Fsp3) is 0.500. The maximum atomic E-state index is 11.7. The number of amides is 1. The smallest absolute Gasteiger partial charge is 0.240 e. The molecule has 0 aliphatic rings. The highest BCUT2D eigenvalue weighted by atomic mass is 16.2. The number of nitrogens with two attached hydrogens (primary N) is 1. The summed E-state index contributed by atoms with van der Waals surface area (Å²) in [4.78, 5) is 15.6. The van der Waals surface area contributed by atoms with Crippen molar-refractivity contribution in [2.24, 2.45) is 5.73 Å². The third-order valence-electron chi connectivity index (χ3n) is 3.08. The average Bonchev–Trinajstić information content (AvgIpc) is 2.42. The molecule has 0 aliphatic carbocycles. The minimum Gasteiger partial charge on any atom is -0.372 e. The zero-order chi connectivity index (χ0) is 13.5. The van der Waals surface area contributed by atoms with E-state index in [2.05, 4.69) is 30.9 Å². The van der Waals surface area contributed by atoms with Crippen LogP contribution in [0.5, 0.6) is 0 Å². The van der Waals surface area contributed by atoms with E-state index in [1.54, 1.807) is 4.90 Å². The summed E-state index contributed by atoms with van der Waals surface area (Å²) >= 11 is 0. The van der Waals surface area contributed by atoms with Crippen molar-refractivity contribution < 1.29 is 4.79 Å². The Hall–Kier alpha value is -1.55. The van der Waals surface area contributed by atoms with Crippen molar-refractivity contribution in [2.75, 3.05) is 36.0 Å². The number of rotatable bonds is 6. The summed E-state index contributed by atoms with van der Waals surface area (Å²) in [5, 5.41) is 0. The SMILES string of the molecule is CCN(CC)c1ccc(N(CC)C(=O)CN)cc1. The number of hydrogen-bond donors (Lipinski definition) is 1. The van der Waals surface area contributed by atoms with E-state index in [9.17, 15) is 4.79 Å². The highest BCUT2D eigenvalue weighted by Gasteiger charge is 2.12. The van der Waals surface area contributed by atoms with E-state index in [0.717, 1.165) is 18.8 Å². The lowest BCUT2D eigenvalue weighted by Gasteiger charge is -2.24. The van der Waals surface area contributed by atoms with E-state index in [0.29, 0.717) is 6.54 Å². The topological polar surface area (TPSA) is 49.6 Å². The van der Waals surface area contributed by atoms with E-state index >= 15 is 0 Å². The summed E-state index contributed by atoms with van der Waals surface area (Å²) in [6.45, 7) is 8.86. The second-order valence-corrected chi connectivity index (χ2v) is 4.03. The fourth-order valence-electron chi connectivity index (χ4n) is 2.05. The first-order valence-electron chi connectivity index (χ1n) is 6.53. The number of carbonyl (C=O) groups excluding carboxylic acids is 1. The van der Waals surface area contributed by atoms with Crippen molar-refractivity contribution in [3.63, 3.8) is 0 Å². The van der Waals surface area contributed by atoms with Crippen molar-refractivity contribution in [3.8, 4) is 0 Å². The largest absolute Gasteiger partial charge is 0.372 e. The lowest BCUT2D eigenvalue weighted by Crippen LogP contribution is -2.35. The van der Waals surface area contributed by atoms with E-state index in [4.69, 9.17) is 5.73 Å². The Morgan fingerprint density at radius 1 is 1.00 bits per heavy atom. The van der Waals surface area contributed by atoms with Crippen LogP contribution in [0.4, 0.5) is 11.4 Å². The summed E-state index contributed by atoms with van der Waals surface area (Å²) < 4.78 is 0. The van der Waals surface area contributed by atoms with Crippen LogP contribution in [0.25, 0.3) is 0 Å². The van der Waals surface area contributed by atoms with E-state index in [1.165, 1.54) is 5.69 Å². The van der Waals surface area contributed by atoms with Crippen LogP contribution in [0.3, 0.4) is 0 Å². The Kier molecular flexibility index (Phi) is 5.65. The van der Waals surface area contributed by atoms with Gasteiger partial charge in [-0.15, -0.1) is 0 Å². The van der Waals surface area contributed by atoms with Crippen LogP contribution in [-0.4, -0.2) is 32.1 Å². The third-order valence-corrected chi connectivity index (χ3v) is 3.08. The Morgan fingerprint density at radius 2 is 1.50 bits per heavy atom. The first-order chi connectivity index (χ1) is 8.67. The molecule has 0 fully saturated rings. The quantitative estimate of drug-likeness (QED) is 0.837. The number of nitrogens with zero attached hydrogens (tertiary/aromatic N) is 2. The van der Waals surface area contributed by atoms with Gasteiger partial charge in [0.1, 0.15) is 0 Å². The molecule has 0 atom stereocenters. The van der Waals surface area contributed by atoms with Gasteiger partial charge in [0.2, 0.25) is 5.91 Å². The molecule has 0 aromatic heterocycles. The molecule has 18 heavy (non-hydrogen) atoms. The molecule has 4 heteroatoms. The predicted molar refractivity (Wildman–Crippen MR) is 77.1 cm³/mol. The van der Waals surface area contributed by atoms with Crippen molar-refractivity contribution in [1.29, 1.82) is 0 Å². The molecule has 0 spiro atoms. The van der Waals surface area contributed by atoms with Gasteiger partial charge in [0.15, 0.2) is 0 Å². The monoisotopic (exact) mass is 249 g/mol. The van der Waals surface area contributed by atoms with Crippen LogP contribution >= 0.6 is 0 Å². The molecule has 0 heterocycles. The summed E-state index contributed by atoms with van der Waals surface area (Å²) in [5.74, 6) is -0.0481. The molecule has 100 valence electrons. The molecule has 0 radical (unpaired) electrons. The van der Waals surface area contributed by atoms with Crippen LogP contribution in [-0.2, 0) is 4.79 Å². The Morgan fingerprint density at radius 3 is 1.89 bits per heavy atom. The van der Waals surface area contributed by atoms with Gasteiger partial charge in [0, 0.05) is 31.0 Å². The summed E-state index contributed by atoms with van der Waals surface area (Å²) in [5.41, 5.74) is 7.49. The Balaban J connectivity index is 2.90. The van der Waals surface area contributed by atoms with Gasteiger partial charge in [-0.05, 0) is 45.0 Å². The summed E-state index contributed by atoms with van der Waals surface area (Å²) in [6.07, 6.45) is 0. The van der Waals surface area contributed by atoms with Gasteiger partial charge in [0.25, 0.3) is 0 Å². The van der Waals surface area contributed by atoms with E-state index in [1.807, 2.05) is 19.1 Å². The van der Waals surface area contributed by atoms with Gasteiger partial charge in [0.05, 0.1) is 6.54 Å². The minimum atomic E-state index is -0.0481. The number of carbonyl (C=O) groups is 1. The fourth-order valence-corrected chi connectivity index (χ4v) is 2.05. The lowest BCUT2D eigenvalue weighted by molar-refractivity contribution is -0.117. The zero-order valence-electron chi connectivity index (χ0n) is 11.5. The molecule has 0 unspecified atom stereocenters. The average molecular weight is 249 g/mol. The van der Waals surface area contributed by atoms with E-state index < -0.39 is 0 Å². The molecule has 4 nitrogen and oxygen atoms in total. The zero-order valence-corrected chi connectivity index (χ0v) is 11.5. The van der Waals surface area contributed by atoms with Gasteiger partial charge in [-0.1, -0.05) is 0 Å². The molecule has 1 rings (SSSR count). The van der Waals surface area contributed by atoms with Crippen LogP contribution < -0.4 is 15.5 Å². The van der Waals surface area contributed by atoms with Gasteiger partial charge >= 0.3 is 0 Å². The molecule has 0 aliphatic heterocycles. The molecule has 0 bridgehead atoms. The molecular weight excluding hydrogens is 226 g/mol. The molecule has 1 aromatic carbocycles. The van der Waals surface area contributed by atoms with Crippen LogP contribution in [0.15, 0.2) is 24.3 Å². The Labute approximate surface area is 109 Å². The Bertz CT molecular complexity index is 371. The number of hydrogen-bond acceptors (Lipinski definition) is 3. The number of likely N-dealkylation sites (N-methyl/N-ethyl adjacent to an activating group) is 1. The predicted octanol–water partition coefficient (Wildman–Crippen LogP) is 1.84. The molecular formula is C14H23N3O. The first kappa shape index (κ1) is 14.5. The molecule has 0 saturated heterocycles. The number of anilines is 2. The van der Waals surface area contributed by atoms with Gasteiger partial charge in [-0.25, -0.2) is 0 Å². The second-order valence-electron chi connectivity index (χ2n) is 4.03. The van der Waals surface area contributed by atoms with E-state index in [-0.39, 0.29) is 12.5 Å². The molecule has 1 aromatic rings. The second kappa shape index (κ2) is 7.01. The lowest BCUT2D eigenvalue weighted by atomic mass is 10.2. The molecule has 1 amide bonds. The highest BCUT2D eigenvalue weighted by molar-refractivity contribution is 5.94. The van der Waals surface area contributed by atoms with Crippen LogP contribution in [0.2, 0.25) is 0 Å². The summed E-state index contributed by atoms with van der Waals surface area (Å²) in [7, 11) is 0. The van der Waals surface area contributed by atoms with Crippen molar-refractivity contribution in [2.45, 2.75) is 20.8 Å². The standard InChI is InChI=1S/C14H23N3O/c1-4-16(5-2)12-7-9-13(10-8-12)17(6-3)14(18)11-15/h7-10H,4-6,11,15H2,1-3H3. The minimum absolute atomic E-state index is 0.0473. The van der Waals surface area contributed by atoms with Gasteiger partial charge in [-0.2, -0.15) is 0 Å². The maximum Gasteiger partial charge on any atom is 0.240 e. The van der Waals surface area contributed by atoms with Crippen molar-refractivity contribution in [3.05, 3.63) is 24.3 Å². The molecule has 0 saturated carbocycles. The van der Waals surface area contributed by atoms with Gasteiger partial charge in [-0.3, -0.25) is 4.79 Å². The van der Waals surface area contributed by atoms with Gasteiger partial charge < -0.3 is 15.5 Å². The number of benzene rings is 1. The molecule has 2 N–H and O–H groups in total. The summed E-state index contributed by atoms with van der Waals surface area (Å²) in [6, 6.07) is 8.05. The first-order valence-corrected chi connectivity index (χ1v) is 6.53. The normalized spacial score (nSPS) is 10.2. The van der Waals surface area contributed by atoms with Crippen LogP contribution in [0, 0.1) is 0 Å². The third kappa shape index (κ3) is 3.23. The van der Waals surface area contributed by atoms with Crippen LogP contribution in [0.1, 0.15) is 20.8 Å². The van der Waals surface area contributed by atoms with Crippen molar-refractivity contribution in [1.82, 2.24) is 0 Å². The maximum absolute atomic E-state index is 11.7.